The van der Waals surface area contributed by atoms with E-state index in [0.717, 1.165) is 23.5 Å². The second-order valence-corrected chi connectivity index (χ2v) is 5.89. The van der Waals surface area contributed by atoms with Crippen LogP contribution in [0.5, 0.6) is 0 Å². The standard InChI is InChI=1S/C16H20N4/c1-11-5-2-3-6-13(11)10-20-14-8-4-7-12(9-17)15(14)19-16(20)18/h4,7-8,11,13H,2-3,5-6,10H2,1H3,(H2,18,19). The fourth-order valence-electron chi connectivity index (χ4n) is 3.35. The van der Waals surface area contributed by atoms with E-state index in [2.05, 4.69) is 22.5 Å². The average molecular weight is 268 g/mol. The summed E-state index contributed by atoms with van der Waals surface area (Å²) in [4.78, 5) is 4.39. The Morgan fingerprint density at radius 3 is 2.95 bits per heavy atom. The number of nitrogens with zero attached hydrogens (tertiary/aromatic N) is 3. The molecule has 0 saturated heterocycles. The molecule has 104 valence electrons. The van der Waals surface area contributed by atoms with Crippen molar-refractivity contribution in [2.75, 3.05) is 5.73 Å². The van der Waals surface area contributed by atoms with Gasteiger partial charge in [-0.1, -0.05) is 32.3 Å². The van der Waals surface area contributed by atoms with Gasteiger partial charge in [0.15, 0.2) is 0 Å². The van der Waals surface area contributed by atoms with E-state index in [1.165, 1.54) is 25.7 Å². The van der Waals surface area contributed by atoms with E-state index < -0.39 is 0 Å². The number of hydrogen-bond acceptors (Lipinski definition) is 3. The lowest BCUT2D eigenvalue weighted by atomic mass is 9.80. The van der Waals surface area contributed by atoms with Gasteiger partial charge in [-0.3, -0.25) is 0 Å². The molecule has 1 aromatic heterocycles. The van der Waals surface area contributed by atoms with E-state index >= 15 is 0 Å². The molecule has 1 aliphatic rings. The van der Waals surface area contributed by atoms with Gasteiger partial charge in [0.05, 0.1) is 11.1 Å². The average Bonchev–Trinajstić information content (AvgIpc) is 2.77. The first-order valence-electron chi connectivity index (χ1n) is 7.35. The maximum Gasteiger partial charge on any atom is 0.201 e. The Morgan fingerprint density at radius 1 is 1.40 bits per heavy atom. The molecule has 1 aromatic carbocycles. The molecule has 1 aliphatic carbocycles. The van der Waals surface area contributed by atoms with Crippen molar-refractivity contribution in [3.05, 3.63) is 23.8 Å². The molecule has 1 heterocycles. The minimum Gasteiger partial charge on any atom is -0.369 e. The maximum atomic E-state index is 9.16. The van der Waals surface area contributed by atoms with Gasteiger partial charge in [-0.25, -0.2) is 4.98 Å². The number of nitriles is 1. The number of benzene rings is 1. The molecule has 20 heavy (non-hydrogen) atoms. The van der Waals surface area contributed by atoms with Crippen molar-refractivity contribution in [1.82, 2.24) is 9.55 Å². The van der Waals surface area contributed by atoms with Gasteiger partial charge < -0.3 is 10.3 Å². The molecule has 4 heteroatoms. The predicted molar refractivity (Wildman–Crippen MR) is 80.0 cm³/mol. The van der Waals surface area contributed by atoms with Crippen LogP contribution in [-0.4, -0.2) is 9.55 Å². The number of fused-ring (bicyclic) bond motifs is 1. The zero-order valence-corrected chi connectivity index (χ0v) is 11.8. The van der Waals surface area contributed by atoms with Gasteiger partial charge in [0.2, 0.25) is 5.95 Å². The Hall–Kier alpha value is -2.02. The third-order valence-electron chi connectivity index (χ3n) is 4.64. The van der Waals surface area contributed by atoms with Crippen molar-refractivity contribution < 1.29 is 0 Å². The topological polar surface area (TPSA) is 67.6 Å². The molecule has 0 bridgehead atoms. The van der Waals surface area contributed by atoms with Gasteiger partial charge in [-0.15, -0.1) is 0 Å². The number of anilines is 1. The van der Waals surface area contributed by atoms with Crippen LogP contribution >= 0.6 is 0 Å². The second-order valence-electron chi connectivity index (χ2n) is 5.89. The van der Waals surface area contributed by atoms with Crippen molar-refractivity contribution in [2.24, 2.45) is 11.8 Å². The Bertz CT molecular complexity index is 665. The summed E-state index contributed by atoms with van der Waals surface area (Å²) in [5.74, 6) is 1.93. The SMILES string of the molecule is CC1CCCCC1Cn1c(N)nc2c(C#N)cccc21. The van der Waals surface area contributed by atoms with Crippen LogP contribution in [-0.2, 0) is 6.54 Å². The van der Waals surface area contributed by atoms with Crippen LogP contribution in [0, 0.1) is 23.2 Å². The molecule has 0 aliphatic heterocycles. The number of nitrogen functional groups attached to an aromatic ring is 1. The molecular weight excluding hydrogens is 248 g/mol. The molecule has 0 amide bonds. The molecule has 2 N–H and O–H groups in total. The van der Waals surface area contributed by atoms with E-state index in [1.54, 1.807) is 6.07 Å². The van der Waals surface area contributed by atoms with Gasteiger partial charge in [0.25, 0.3) is 0 Å². The van der Waals surface area contributed by atoms with E-state index in [-0.39, 0.29) is 0 Å². The first-order valence-corrected chi connectivity index (χ1v) is 7.35. The highest BCUT2D eigenvalue weighted by atomic mass is 15.2. The number of para-hydroxylation sites is 1. The molecule has 0 radical (unpaired) electrons. The Balaban J connectivity index is 1.99. The molecule has 0 spiro atoms. The number of aromatic nitrogens is 2. The lowest BCUT2D eigenvalue weighted by Crippen LogP contribution is -2.22. The summed E-state index contributed by atoms with van der Waals surface area (Å²) in [6, 6.07) is 7.90. The summed E-state index contributed by atoms with van der Waals surface area (Å²) in [6.45, 7) is 3.25. The van der Waals surface area contributed by atoms with Crippen molar-refractivity contribution in [3.63, 3.8) is 0 Å². The smallest absolute Gasteiger partial charge is 0.201 e. The van der Waals surface area contributed by atoms with E-state index in [0.29, 0.717) is 17.4 Å². The number of nitrogens with two attached hydrogens (primary N) is 1. The lowest BCUT2D eigenvalue weighted by Gasteiger charge is -2.29. The molecular formula is C16H20N4. The Morgan fingerprint density at radius 2 is 2.20 bits per heavy atom. The zero-order chi connectivity index (χ0) is 14.1. The molecule has 1 saturated carbocycles. The quantitative estimate of drug-likeness (QED) is 0.908. The van der Waals surface area contributed by atoms with Crippen LogP contribution < -0.4 is 5.73 Å². The molecule has 2 unspecified atom stereocenters. The largest absolute Gasteiger partial charge is 0.369 e. The van der Waals surface area contributed by atoms with Crippen LogP contribution in [0.3, 0.4) is 0 Å². The summed E-state index contributed by atoms with van der Waals surface area (Å²) < 4.78 is 2.09. The van der Waals surface area contributed by atoms with E-state index in [1.807, 2.05) is 12.1 Å². The lowest BCUT2D eigenvalue weighted by molar-refractivity contribution is 0.231. The molecule has 2 atom stereocenters. The summed E-state index contributed by atoms with van der Waals surface area (Å²) in [5.41, 5.74) is 8.40. The van der Waals surface area contributed by atoms with E-state index in [4.69, 9.17) is 11.0 Å². The molecule has 2 aromatic rings. The summed E-state index contributed by atoms with van der Waals surface area (Å²) in [7, 11) is 0. The highest BCUT2D eigenvalue weighted by Gasteiger charge is 2.23. The van der Waals surface area contributed by atoms with Crippen LogP contribution in [0.2, 0.25) is 0 Å². The highest BCUT2D eigenvalue weighted by molar-refractivity contribution is 5.83. The van der Waals surface area contributed by atoms with Gasteiger partial charge in [-0.05, 0) is 30.4 Å². The second kappa shape index (κ2) is 5.16. The summed E-state index contributed by atoms with van der Waals surface area (Å²) in [5, 5.41) is 9.16. The van der Waals surface area contributed by atoms with Crippen molar-refractivity contribution >= 4 is 17.0 Å². The van der Waals surface area contributed by atoms with Crippen molar-refractivity contribution in [3.8, 4) is 6.07 Å². The fourth-order valence-corrected chi connectivity index (χ4v) is 3.35. The van der Waals surface area contributed by atoms with Crippen LogP contribution in [0.4, 0.5) is 5.95 Å². The molecule has 1 fully saturated rings. The predicted octanol–water partition coefficient (Wildman–Crippen LogP) is 3.32. The van der Waals surface area contributed by atoms with Gasteiger partial charge >= 0.3 is 0 Å². The van der Waals surface area contributed by atoms with Crippen LogP contribution in [0.25, 0.3) is 11.0 Å². The fraction of sp³-hybridized carbons (Fsp3) is 0.500. The summed E-state index contributed by atoms with van der Waals surface area (Å²) >= 11 is 0. The number of rotatable bonds is 2. The number of imidazole rings is 1. The van der Waals surface area contributed by atoms with Crippen LogP contribution in [0.15, 0.2) is 18.2 Å². The monoisotopic (exact) mass is 268 g/mol. The normalized spacial score (nSPS) is 22.8. The van der Waals surface area contributed by atoms with Crippen molar-refractivity contribution in [1.29, 1.82) is 5.26 Å². The Kier molecular flexibility index (Phi) is 3.35. The third-order valence-corrected chi connectivity index (χ3v) is 4.64. The van der Waals surface area contributed by atoms with Crippen LogP contribution in [0.1, 0.15) is 38.2 Å². The minimum absolute atomic E-state index is 0.528. The Labute approximate surface area is 119 Å². The maximum absolute atomic E-state index is 9.16. The van der Waals surface area contributed by atoms with Crippen molar-refractivity contribution in [2.45, 2.75) is 39.2 Å². The van der Waals surface area contributed by atoms with Gasteiger partial charge in [0, 0.05) is 6.54 Å². The third kappa shape index (κ3) is 2.14. The molecule has 4 nitrogen and oxygen atoms in total. The van der Waals surface area contributed by atoms with Gasteiger partial charge in [0.1, 0.15) is 11.6 Å². The first kappa shape index (κ1) is 13.0. The first-order chi connectivity index (χ1) is 9.70. The summed E-state index contributed by atoms with van der Waals surface area (Å²) in [6.07, 6.45) is 5.22. The van der Waals surface area contributed by atoms with Gasteiger partial charge in [-0.2, -0.15) is 5.26 Å². The van der Waals surface area contributed by atoms with E-state index in [9.17, 15) is 0 Å². The molecule has 3 rings (SSSR count). The highest BCUT2D eigenvalue weighted by Crippen LogP contribution is 2.32. The zero-order valence-electron chi connectivity index (χ0n) is 11.8. The minimum atomic E-state index is 0.528. The number of hydrogen-bond donors (Lipinski definition) is 1.